The molecule has 122 valence electrons. The lowest BCUT2D eigenvalue weighted by atomic mass is 10.2. The van der Waals surface area contributed by atoms with Gasteiger partial charge < -0.3 is 20.1 Å². The van der Waals surface area contributed by atoms with Crippen molar-refractivity contribution in [1.29, 1.82) is 0 Å². The molecule has 2 unspecified atom stereocenters. The number of guanidine groups is 1. The Morgan fingerprint density at radius 2 is 2.27 bits per heavy atom. The summed E-state index contributed by atoms with van der Waals surface area (Å²) in [4.78, 5) is 4.20. The number of para-hydroxylation sites is 1. The molecule has 2 N–H and O–H groups in total. The highest BCUT2D eigenvalue weighted by molar-refractivity contribution is 6.32. The first kappa shape index (κ1) is 16.9. The predicted molar refractivity (Wildman–Crippen MR) is 89.9 cm³/mol. The zero-order valence-electron chi connectivity index (χ0n) is 13.1. The SMILES string of the molecule is CN=C(NCC(C)Oc1ccccc1Cl)NCC1CCCO1. The maximum absolute atomic E-state index is 6.09. The molecule has 2 rings (SSSR count). The van der Waals surface area contributed by atoms with Crippen molar-refractivity contribution >= 4 is 17.6 Å². The lowest BCUT2D eigenvalue weighted by molar-refractivity contribution is 0.113. The van der Waals surface area contributed by atoms with Crippen molar-refractivity contribution < 1.29 is 9.47 Å². The van der Waals surface area contributed by atoms with E-state index in [1.807, 2.05) is 31.2 Å². The van der Waals surface area contributed by atoms with Gasteiger partial charge in [0.15, 0.2) is 5.96 Å². The third-order valence-electron chi connectivity index (χ3n) is 3.47. The summed E-state index contributed by atoms with van der Waals surface area (Å²) >= 11 is 6.09. The second-order valence-corrected chi connectivity index (χ2v) is 5.74. The van der Waals surface area contributed by atoms with Crippen molar-refractivity contribution in [3.63, 3.8) is 0 Å². The van der Waals surface area contributed by atoms with E-state index in [9.17, 15) is 0 Å². The minimum absolute atomic E-state index is 0.0267. The van der Waals surface area contributed by atoms with Crippen LogP contribution in [0.15, 0.2) is 29.3 Å². The minimum Gasteiger partial charge on any atom is -0.487 e. The summed E-state index contributed by atoms with van der Waals surface area (Å²) in [5.41, 5.74) is 0. The Balaban J connectivity index is 1.71. The molecular formula is C16H24ClN3O2. The third-order valence-corrected chi connectivity index (χ3v) is 3.78. The Bertz CT molecular complexity index is 490. The van der Waals surface area contributed by atoms with Gasteiger partial charge in [-0.05, 0) is 31.9 Å². The third kappa shape index (κ3) is 5.39. The van der Waals surface area contributed by atoms with Crippen LogP contribution in [0.3, 0.4) is 0 Å². The van der Waals surface area contributed by atoms with Crippen LogP contribution in [0.2, 0.25) is 5.02 Å². The highest BCUT2D eigenvalue weighted by Crippen LogP contribution is 2.23. The van der Waals surface area contributed by atoms with Gasteiger partial charge in [0.05, 0.1) is 17.7 Å². The molecule has 2 atom stereocenters. The van der Waals surface area contributed by atoms with Gasteiger partial charge in [0.25, 0.3) is 0 Å². The first-order valence-electron chi connectivity index (χ1n) is 7.66. The molecule has 6 heteroatoms. The average molecular weight is 326 g/mol. The smallest absolute Gasteiger partial charge is 0.191 e. The van der Waals surface area contributed by atoms with Gasteiger partial charge >= 0.3 is 0 Å². The van der Waals surface area contributed by atoms with Crippen LogP contribution in [0, 0.1) is 0 Å². The lowest BCUT2D eigenvalue weighted by Gasteiger charge is -2.19. The van der Waals surface area contributed by atoms with Crippen molar-refractivity contribution in [2.24, 2.45) is 4.99 Å². The summed E-state index contributed by atoms with van der Waals surface area (Å²) in [6.45, 7) is 4.26. The number of hydrogen-bond donors (Lipinski definition) is 2. The highest BCUT2D eigenvalue weighted by Gasteiger charge is 2.15. The molecule has 1 fully saturated rings. The Morgan fingerprint density at radius 1 is 1.45 bits per heavy atom. The molecule has 1 aliphatic rings. The maximum atomic E-state index is 6.09. The molecule has 0 aliphatic carbocycles. The quantitative estimate of drug-likeness (QED) is 0.623. The van der Waals surface area contributed by atoms with Crippen molar-refractivity contribution in [3.8, 4) is 5.75 Å². The van der Waals surface area contributed by atoms with Gasteiger partial charge in [-0.1, -0.05) is 23.7 Å². The summed E-state index contributed by atoms with van der Waals surface area (Å²) in [5, 5.41) is 7.14. The molecule has 22 heavy (non-hydrogen) atoms. The molecule has 1 saturated heterocycles. The van der Waals surface area contributed by atoms with Crippen LogP contribution in [0.25, 0.3) is 0 Å². The van der Waals surface area contributed by atoms with Crippen molar-refractivity contribution in [2.45, 2.75) is 32.0 Å². The predicted octanol–water partition coefficient (Wildman–Crippen LogP) is 2.45. The van der Waals surface area contributed by atoms with E-state index >= 15 is 0 Å². The Kier molecular flexibility index (Phi) is 6.80. The zero-order chi connectivity index (χ0) is 15.8. The fourth-order valence-corrected chi connectivity index (χ4v) is 2.46. The average Bonchev–Trinajstić information content (AvgIpc) is 3.03. The minimum atomic E-state index is -0.0267. The van der Waals surface area contributed by atoms with Gasteiger partial charge in [0.1, 0.15) is 11.9 Å². The van der Waals surface area contributed by atoms with Crippen LogP contribution in [0.5, 0.6) is 5.75 Å². The molecule has 5 nitrogen and oxygen atoms in total. The number of nitrogens with zero attached hydrogens (tertiary/aromatic N) is 1. The molecule has 1 heterocycles. The molecular weight excluding hydrogens is 302 g/mol. The first-order chi connectivity index (χ1) is 10.7. The van der Waals surface area contributed by atoms with E-state index in [0.29, 0.717) is 17.3 Å². The molecule has 0 radical (unpaired) electrons. The van der Waals surface area contributed by atoms with Gasteiger partial charge in [-0.15, -0.1) is 0 Å². The molecule has 0 aromatic heterocycles. The van der Waals surface area contributed by atoms with Crippen LogP contribution in [0.1, 0.15) is 19.8 Å². The number of rotatable bonds is 6. The van der Waals surface area contributed by atoms with E-state index in [1.54, 1.807) is 7.05 Å². The number of nitrogens with one attached hydrogen (secondary N) is 2. The van der Waals surface area contributed by atoms with Crippen molar-refractivity contribution in [2.75, 3.05) is 26.7 Å². The van der Waals surface area contributed by atoms with Crippen LogP contribution in [-0.4, -0.2) is 44.9 Å². The Labute approximate surface area is 137 Å². The van der Waals surface area contributed by atoms with Gasteiger partial charge in [-0.2, -0.15) is 0 Å². The number of aliphatic imine (C=N–C) groups is 1. The van der Waals surface area contributed by atoms with E-state index in [0.717, 1.165) is 32.0 Å². The highest BCUT2D eigenvalue weighted by atomic mass is 35.5. The van der Waals surface area contributed by atoms with Crippen LogP contribution in [-0.2, 0) is 4.74 Å². The molecule has 0 amide bonds. The summed E-state index contributed by atoms with van der Waals surface area (Å²) in [7, 11) is 1.75. The topological polar surface area (TPSA) is 54.9 Å². The van der Waals surface area contributed by atoms with E-state index in [-0.39, 0.29) is 12.2 Å². The van der Waals surface area contributed by atoms with Crippen LogP contribution < -0.4 is 15.4 Å². The summed E-state index contributed by atoms with van der Waals surface area (Å²) < 4.78 is 11.4. The van der Waals surface area contributed by atoms with E-state index in [4.69, 9.17) is 21.1 Å². The molecule has 1 aromatic carbocycles. The second-order valence-electron chi connectivity index (χ2n) is 5.33. The zero-order valence-corrected chi connectivity index (χ0v) is 13.9. The summed E-state index contributed by atoms with van der Waals surface area (Å²) in [5.74, 6) is 1.45. The number of halogens is 1. The largest absolute Gasteiger partial charge is 0.487 e. The normalized spacial score (nSPS) is 19.8. The monoisotopic (exact) mass is 325 g/mol. The van der Waals surface area contributed by atoms with E-state index in [2.05, 4.69) is 15.6 Å². The number of ether oxygens (including phenoxy) is 2. The van der Waals surface area contributed by atoms with Gasteiger partial charge in [-0.3, -0.25) is 4.99 Å². The maximum Gasteiger partial charge on any atom is 0.191 e. The van der Waals surface area contributed by atoms with Gasteiger partial charge in [0, 0.05) is 20.2 Å². The van der Waals surface area contributed by atoms with E-state index in [1.165, 1.54) is 0 Å². The second kappa shape index (κ2) is 8.86. The lowest BCUT2D eigenvalue weighted by Crippen LogP contribution is -2.44. The van der Waals surface area contributed by atoms with Crippen LogP contribution >= 0.6 is 11.6 Å². The fraction of sp³-hybridized carbons (Fsp3) is 0.562. The Hall–Kier alpha value is -1.46. The number of benzene rings is 1. The molecule has 0 saturated carbocycles. The first-order valence-corrected chi connectivity index (χ1v) is 8.04. The summed E-state index contributed by atoms with van der Waals surface area (Å²) in [6, 6.07) is 7.47. The van der Waals surface area contributed by atoms with Gasteiger partial charge in [0.2, 0.25) is 0 Å². The van der Waals surface area contributed by atoms with Crippen LogP contribution in [0.4, 0.5) is 0 Å². The number of hydrogen-bond acceptors (Lipinski definition) is 3. The summed E-state index contributed by atoms with van der Waals surface area (Å²) in [6.07, 6.45) is 2.51. The van der Waals surface area contributed by atoms with E-state index < -0.39 is 0 Å². The molecule has 1 aliphatic heterocycles. The van der Waals surface area contributed by atoms with Crippen molar-refractivity contribution in [1.82, 2.24) is 10.6 Å². The molecule has 0 bridgehead atoms. The van der Waals surface area contributed by atoms with Gasteiger partial charge in [-0.25, -0.2) is 0 Å². The fourth-order valence-electron chi connectivity index (χ4n) is 2.28. The Morgan fingerprint density at radius 3 is 2.95 bits per heavy atom. The van der Waals surface area contributed by atoms with Crippen molar-refractivity contribution in [3.05, 3.63) is 29.3 Å². The molecule has 1 aromatic rings. The molecule has 0 spiro atoms. The standard InChI is InChI=1S/C16H24ClN3O2/c1-12(22-15-8-4-3-7-14(15)17)10-19-16(18-2)20-11-13-6-5-9-21-13/h3-4,7-8,12-13H,5-6,9-11H2,1-2H3,(H2,18,19,20).